The van der Waals surface area contributed by atoms with Gasteiger partial charge in [0.15, 0.2) is 0 Å². The Morgan fingerprint density at radius 1 is 1.28 bits per heavy atom. The van der Waals surface area contributed by atoms with Gasteiger partial charge in [0.25, 0.3) is 5.91 Å². The van der Waals surface area contributed by atoms with Gasteiger partial charge in [-0.1, -0.05) is 17.7 Å². The molecule has 1 heterocycles. The average molecular weight is 420 g/mol. The molecule has 0 radical (unpaired) electrons. The van der Waals surface area contributed by atoms with Crippen molar-refractivity contribution in [3.05, 3.63) is 52.7 Å². The van der Waals surface area contributed by atoms with Gasteiger partial charge in [0.2, 0.25) is 5.91 Å². The first-order valence-electron chi connectivity index (χ1n) is 9.47. The van der Waals surface area contributed by atoms with Gasteiger partial charge >= 0.3 is 0 Å². The number of benzene rings is 1. The zero-order chi connectivity index (χ0) is 21.0. The zero-order valence-corrected chi connectivity index (χ0v) is 17.0. The normalized spacial score (nSPS) is 15.3. The van der Waals surface area contributed by atoms with Crippen LogP contribution in [0.15, 0.2) is 36.5 Å². The number of nitrogens with zero attached hydrogens (tertiary/aromatic N) is 1. The van der Waals surface area contributed by atoms with Crippen LogP contribution >= 0.6 is 11.6 Å². The van der Waals surface area contributed by atoms with E-state index < -0.39 is 6.17 Å². The second-order valence-corrected chi connectivity index (χ2v) is 7.58. The van der Waals surface area contributed by atoms with Gasteiger partial charge in [-0.15, -0.1) is 0 Å². The van der Waals surface area contributed by atoms with Gasteiger partial charge < -0.3 is 15.4 Å². The number of halogens is 2. The quantitative estimate of drug-likeness (QED) is 0.668. The van der Waals surface area contributed by atoms with Crippen LogP contribution in [0.2, 0.25) is 5.02 Å². The highest BCUT2D eigenvalue weighted by Gasteiger charge is 2.29. The molecular formula is C21H23ClFN3O3. The van der Waals surface area contributed by atoms with Crippen LogP contribution in [0.4, 0.5) is 10.2 Å². The van der Waals surface area contributed by atoms with E-state index in [1.807, 2.05) is 6.92 Å². The predicted molar refractivity (Wildman–Crippen MR) is 109 cm³/mol. The average Bonchev–Trinajstić information content (AvgIpc) is 3.52. The zero-order valence-electron chi connectivity index (χ0n) is 16.2. The van der Waals surface area contributed by atoms with Crippen molar-refractivity contribution in [3.63, 3.8) is 0 Å². The van der Waals surface area contributed by atoms with Gasteiger partial charge in [-0.05, 0) is 56.5 Å². The lowest BCUT2D eigenvalue weighted by atomic mass is 10.1. The molecule has 0 aliphatic heterocycles. The minimum absolute atomic E-state index is 0.0547. The maximum Gasteiger partial charge on any atom is 0.251 e. The first-order valence-corrected chi connectivity index (χ1v) is 9.85. The van der Waals surface area contributed by atoms with Crippen LogP contribution in [-0.4, -0.2) is 29.6 Å². The van der Waals surface area contributed by atoms with Crippen LogP contribution in [0.5, 0.6) is 5.75 Å². The molecule has 2 atom stereocenters. The van der Waals surface area contributed by atoms with Crippen LogP contribution in [0, 0.1) is 5.92 Å². The number of anilines is 1. The Kier molecular flexibility index (Phi) is 6.69. The smallest absolute Gasteiger partial charge is 0.251 e. The summed E-state index contributed by atoms with van der Waals surface area (Å²) in [4.78, 5) is 28.5. The molecule has 1 aliphatic carbocycles. The summed E-state index contributed by atoms with van der Waals surface area (Å²) >= 11 is 6.20. The van der Waals surface area contributed by atoms with Crippen molar-refractivity contribution in [3.8, 4) is 5.75 Å². The number of rotatable bonds is 8. The van der Waals surface area contributed by atoms with E-state index in [9.17, 15) is 14.0 Å². The number of hydrogen-bond donors (Lipinski definition) is 2. The van der Waals surface area contributed by atoms with E-state index in [1.54, 1.807) is 30.3 Å². The fourth-order valence-electron chi connectivity index (χ4n) is 2.69. The molecule has 6 nitrogen and oxygen atoms in total. The summed E-state index contributed by atoms with van der Waals surface area (Å²) in [6.07, 6.45) is 2.17. The monoisotopic (exact) mass is 419 g/mol. The minimum Gasteiger partial charge on any atom is -0.489 e. The lowest BCUT2D eigenvalue weighted by Gasteiger charge is -2.16. The molecular weight excluding hydrogens is 397 g/mol. The highest BCUT2D eigenvalue weighted by Crippen LogP contribution is 2.30. The van der Waals surface area contributed by atoms with Crippen molar-refractivity contribution >= 4 is 29.2 Å². The lowest BCUT2D eigenvalue weighted by Crippen LogP contribution is -2.27. The lowest BCUT2D eigenvalue weighted by molar-refractivity contribution is -0.117. The molecule has 0 bridgehead atoms. The first-order chi connectivity index (χ1) is 13.8. The second-order valence-electron chi connectivity index (χ2n) is 7.17. The third kappa shape index (κ3) is 5.90. The van der Waals surface area contributed by atoms with Gasteiger partial charge in [-0.2, -0.15) is 0 Å². The molecule has 2 aromatic rings. The van der Waals surface area contributed by atoms with Crippen molar-refractivity contribution in [2.75, 3.05) is 11.9 Å². The minimum atomic E-state index is -1.09. The van der Waals surface area contributed by atoms with Gasteiger partial charge in [0.1, 0.15) is 24.3 Å². The SMILES string of the molecule is CC(F)COc1ccc(C(C)NC(=O)c2ccnc(NC(=O)C3CC3)c2)cc1Cl. The Labute approximate surface area is 173 Å². The Morgan fingerprint density at radius 2 is 2.03 bits per heavy atom. The van der Waals surface area contributed by atoms with Gasteiger partial charge in [0, 0.05) is 17.7 Å². The number of aromatic nitrogens is 1. The highest BCUT2D eigenvalue weighted by atomic mass is 35.5. The van der Waals surface area contributed by atoms with Crippen molar-refractivity contribution in [2.24, 2.45) is 5.92 Å². The van der Waals surface area contributed by atoms with Gasteiger partial charge in [-0.3, -0.25) is 9.59 Å². The van der Waals surface area contributed by atoms with Crippen LogP contribution in [0.3, 0.4) is 0 Å². The van der Waals surface area contributed by atoms with Crippen molar-refractivity contribution in [1.82, 2.24) is 10.3 Å². The van der Waals surface area contributed by atoms with E-state index in [2.05, 4.69) is 15.6 Å². The molecule has 3 rings (SSSR count). The van der Waals surface area contributed by atoms with E-state index in [0.717, 1.165) is 18.4 Å². The molecule has 154 valence electrons. The molecule has 8 heteroatoms. The Hall–Kier alpha value is -2.67. The van der Waals surface area contributed by atoms with E-state index in [0.29, 0.717) is 22.2 Å². The van der Waals surface area contributed by atoms with E-state index >= 15 is 0 Å². The molecule has 1 aromatic heterocycles. The van der Waals surface area contributed by atoms with Crippen LogP contribution < -0.4 is 15.4 Å². The highest BCUT2D eigenvalue weighted by molar-refractivity contribution is 6.32. The topological polar surface area (TPSA) is 80.3 Å². The number of carbonyl (C=O) groups excluding carboxylic acids is 2. The molecule has 1 aromatic carbocycles. The number of pyridine rings is 1. The number of alkyl halides is 1. The first kappa shape index (κ1) is 21.0. The Balaban J connectivity index is 1.62. The summed E-state index contributed by atoms with van der Waals surface area (Å²) in [5, 5.41) is 5.96. The van der Waals surface area contributed by atoms with Crippen molar-refractivity contribution in [1.29, 1.82) is 0 Å². The summed E-state index contributed by atoms with van der Waals surface area (Å²) in [7, 11) is 0. The van der Waals surface area contributed by atoms with Crippen LogP contribution in [0.25, 0.3) is 0 Å². The van der Waals surface area contributed by atoms with Gasteiger partial charge in [-0.25, -0.2) is 9.37 Å². The fraction of sp³-hybridized carbons (Fsp3) is 0.381. The number of nitrogens with one attached hydrogen (secondary N) is 2. The molecule has 1 fully saturated rings. The Bertz CT molecular complexity index is 902. The standard InChI is InChI=1S/C21H23ClFN3O3/c1-12(23)11-29-18-6-5-15(9-17(18)22)13(2)25-21(28)16-7-8-24-19(10-16)26-20(27)14-3-4-14/h5-10,12-14H,3-4,11H2,1-2H3,(H,25,28)(H,24,26,27). The Morgan fingerprint density at radius 3 is 2.69 bits per heavy atom. The number of hydrogen-bond acceptors (Lipinski definition) is 4. The number of ether oxygens (including phenoxy) is 1. The maximum absolute atomic E-state index is 12.9. The third-order valence-corrected chi connectivity index (χ3v) is 4.79. The van der Waals surface area contributed by atoms with Crippen molar-refractivity contribution in [2.45, 2.75) is 38.9 Å². The van der Waals surface area contributed by atoms with E-state index in [1.165, 1.54) is 13.1 Å². The summed E-state index contributed by atoms with van der Waals surface area (Å²) in [6.45, 7) is 3.15. The second kappa shape index (κ2) is 9.22. The molecule has 1 aliphatic rings. The largest absolute Gasteiger partial charge is 0.489 e. The van der Waals surface area contributed by atoms with Crippen LogP contribution in [-0.2, 0) is 4.79 Å². The predicted octanol–water partition coefficient (Wildman–Crippen LogP) is 4.31. The number of carbonyl (C=O) groups is 2. The molecule has 29 heavy (non-hydrogen) atoms. The van der Waals surface area contributed by atoms with Crippen molar-refractivity contribution < 1.29 is 18.7 Å². The summed E-state index contributed by atoms with van der Waals surface area (Å²) in [5.74, 6) is 0.434. The summed E-state index contributed by atoms with van der Waals surface area (Å²) < 4.78 is 18.2. The molecule has 0 saturated heterocycles. The number of amides is 2. The van der Waals surface area contributed by atoms with E-state index in [4.69, 9.17) is 16.3 Å². The van der Waals surface area contributed by atoms with Crippen LogP contribution in [0.1, 0.15) is 48.7 Å². The maximum atomic E-state index is 12.9. The third-order valence-electron chi connectivity index (χ3n) is 4.49. The fourth-order valence-corrected chi connectivity index (χ4v) is 2.93. The molecule has 0 spiro atoms. The summed E-state index contributed by atoms with van der Waals surface area (Å²) in [5.41, 5.74) is 1.17. The van der Waals surface area contributed by atoms with Gasteiger partial charge in [0.05, 0.1) is 11.1 Å². The molecule has 2 unspecified atom stereocenters. The molecule has 2 N–H and O–H groups in total. The van der Waals surface area contributed by atoms with E-state index in [-0.39, 0.29) is 30.4 Å². The molecule has 2 amide bonds. The molecule has 1 saturated carbocycles. The summed E-state index contributed by atoms with van der Waals surface area (Å²) in [6, 6.07) is 7.90.